The van der Waals surface area contributed by atoms with Crippen molar-refractivity contribution in [1.29, 1.82) is 0 Å². The second kappa shape index (κ2) is 6.45. The second-order valence-corrected chi connectivity index (χ2v) is 6.63. The average Bonchev–Trinajstić information content (AvgIpc) is 2.44. The number of amides is 1. The Hall–Kier alpha value is -2.05. The Labute approximate surface area is 137 Å². The molecule has 24 heavy (non-hydrogen) atoms. The SMILES string of the molecule is CC(C)(C)OC(=O)N1CC=C(c2cc(F)cc(C(F)(F)F)c2)CC1. The zero-order chi connectivity index (χ0) is 18.1. The number of rotatable bonds is 1. The molecule has 0 fully saturated rings. The highest BCUT2D eigenvalue weighted by Gasteiger charge is 2.32. The predicted octanol–water partition coefficient (Wildman–Crippen LogP) is 4.87. The fourth-order valence-corrected chi connectivity index (χ4v) is 2.36. The van der Waals surface area contributed by atoms with Crippen LogP contribution in [0.1, 0.15) is 38.3 Å². The summed E-state index contributed by atoms with van der Waals surface area (Å²) in [5.74, 6) is -0.935. The summed E-state index contributed by atoms with van der Waals surface area (Å²) in [4.78, 5) is 13.4. The van der Waals surface area contributed by atoms with Gasteiger partial charge in [-0.1, -0.05) is 6.08 Å². The number of hydrogen-bond acceptors (Lipinski definition) is 2. The first-order valence-electron chi connectivity index (χ1n) is 7.51. The minimum absolute atomic E-state index is 0.186. The molecule has 0 aliphatic carbocycles. The van der Waals surface area contributed by atoms with Gasteiger partial charge in [0.25, 0.3) is 0 Å². The van der Waals surface area contributed by atoms with Crippen LogP contribution in [0.25, 0.3) is 5.57 Å². The lowest BCUT2D eigenvalue weighted by Crippen LogP contribution is -2.39. The first-order valence-corrected chi connectivity index (χ1v) is 7.51. The molecule has 0 bridgehead atoms. The largest absolute Gasteiger partial charge is 0.444 e. The van der Waals surface area contributed by atoms with E-state index in [1.165, 1.54) is 4.90 Å². The van der Waals surface area contributed by atoms with E-state index in [2.05, 4.69) is 0 Å². The molecule has 1 aromatic rings. The van der Waals surface area contributed by atoms with Crippen molar-refractivity contribution in [2.24, 2.45) is 0 Å². The van der Waals surface area contributed by atoms with Gasteiger partial charge in [-0.05, 0) is 56.5 Å². The molecule has 0 aromatic heterocycles. The highest BCUT2D eigenvalue weighted by atomic mass is 19.4. The van der Waals surface area contributed by atoms with E-state index in [0.717, 1.165) is 12.1 Å². The van der Waals surface area contributed by atoms with E-state index in [9.17, 15) is 22.4 Å². The van der Waals surface area contributed by atoms with Crippen molar-refractivity contribution < 1.29 is 27.1 Å². The molecule has 0 saturated carbocycles. The van der Waals surface area contributed by atoms with Crippen LogP contribution in [-0.4, -0.2) is 29.7 Å². The molecule has 0 radical (unpaired) electrons. The third-order valence-corrected chi connectivity index (χ3v) is 3.46. The van der Waals surface area contributed by atoms with Crippen molar-refractivity contribution in [2.45, 2.75) is 39.0 Å². The van der Waals surface area contributed by atoms with E-state index in [4.69, 9.17) is 4.74 Å². The van der Waals surface area contributed by atoms with Gasteiger partial charge in [0.1, 0.15) is 11.4 Å². The maximum atomic E-state index is 13.5. The summed E-state index contributed by atoms with van der Waals surface area (Å²) in [6.07, 6.45) is -3.12. The van der Waals surface area contributed by atoms with E-state index in [0.29, 0.717) is 24.6 Å². The summed E-state index contributed by atoms with van der Waals surface area (Å²) in [5.41, 5.74) is -0.871. The lowest BCUT2D eigenvalue weighted by Gasteiger charge is -2.29. The van der Waals surface area contributed by atoms with Gasteiger partial charge < -0.3 is 9.64 Å². The van der Waals surface area contributed by atoms with Gasteiger partial charge in [-0.2, -0.15) is 13.2 Å². The first-order chi connectivity index (χ1) is 11.0. The Morgan fingerprint density at radius 3 is 2.33 bits per heavy atom. The number of alkyl halides is 3. The van der Waals surface area contributed by atoms with Gasteiger partial charge in [0, 0.05) is 13.1 Å². The highest BCUT2D eigenvalue weighted by molar-refractivity contribution is 5.73. The molecule has 7 heteroatoms. The van der Waals surface area contributed by atoms with E-state index >= 15 is 0 Å². The van der Waals surface area contributed by atoms with Gasteiger partial charge in [-0.25, -0.2) is 9.18 Å². The normalized spacial score (nSPS) is 16.0. The van der Waals surface area contributed by atoms with Crippen molar-refractivity contribution in [2.75, 3.05) is 13.1 Å². The number of carbonyl (C=O) groups excluding carboxylic acids is 1. The zero-order valence-electron chi connectivity index (χ0n) is 13.7. The molecule has 0 atom stereocenters. The highest BCUT2D eigenvalue weighted by Crippen LogP contribution is 2.33. The van der Waals surface area contributed by atoms with Crippen molar-refractivity contribution in [3.8, 4) is 0 Å². The summed E-state index contributed by atoms with van der Waals surface area (Å²) in [6.45, 7) is 5.77. The zero-order valence-corrected chi connectivity index (χ0v) is 13.7. The lowest BCUT2D eigenvalue weighted by molar-refractivity contribution is -0.137. The third-order valence-electron chi connectivity index (χ3n) is 3.46. The average molecular weight is 345 g/mol. The topological polar surface area (TPSA) is 29.5 Å². The molecule has 0 spiro atoms. The van der Waals surface area contributed by atoms with Gasteiger partial charge in [-0.15, -0.1) is 0 Å². The first kappa shape index (κ1) is 18.3. The molecule has 132 valence electrons. The van der Waals surface area contributed by atoms with E-state index in [1.807, 2.05) is 0 Å². The van der Waals surface area contributed by atoms with Crippen molar-refractivity contribution in [3.05, 3.63) is 41.2 Å². The van der Waals surface area contributed by atoms with Gasteiger partial charge in [0.05, 0.1) is 5.56 Å². The van der Waals surface area contributed by atoms with Crippen LogP contribution < -0.4 is 0 Å². The molecule has 1 aliphatic rings. The van der Waals surface area contributed by atoms with Crippen LogP contribution >= 0.6 is 0 Å². The standard InChI is InChI=1S/C17H19F4NO2/c1-16(2,3)24-15(23)22-6-4-11(5-7-22)12-8-13(17(19,20)21)10-14(18)9-12/h4,8-10H,5-7H2,1-3H3. The fraction of sp³-hybridized carbons (Fsp3) is 0.471. The van der Waals surface area contributed by atoms with Crippen molar-refractivity contribution in [1.82, 2.24) is 4.90 Å². The monoisotopic (exact) mass is 345 g/mol. The smallest absolute Gasteiger partial charge is 0.416 e. The Morgan fingerprint density at radius 2 is 1.83 bits per heavy atom. The maximum Gasteiger partial charge on any atom is 0.416 e. The molecule has 1 aliphatic heterocycles. The predicted molar refractivity (Wildman–Crippen MR) is 81.8 cm³/mol. The number of benzene rings is 1. The van der Waals surface area contributed by atoms with Gasteiger partial charge >= 0.3 is 12.3 Å². The van der Waals surface area contributed by atoms with Gasteiger partial charge in [-0.3, -0.25) is 0 Å². The molecule has 1 aromatic carbocycles. The number of nitrogens with zero attached hydrogens (tertiary/aromatic N) is 1. The Bertz CT molecular complexity index is 660. The van der Waals surface area contributed by atoms with Gasteiger partial charge in [0.2, 0.25) is 0 Å². The molecular formula is C17H19F4NO2. The van der Waals surface area contributed by atoms with Crippen LogP contribution in [-0.2, 0) is 10.9 Å². The van der Waals surface area contributed by atoms with Crippen LogP contribution in [0, 0.1) is 5.82 Å². The van der Waals surface area contributed by atoms with E-state index in [1.54, 1.807) is 26.8 Å². The van der Waals surface area contributed by atoms with Crippen LogP contribution in [0.3, 0.4) is 0 Å². The van der Waals surface area contributed by atoms with Gasteiger partial charge in [0.15, 0.2) is 0 Å². The molecule has 1 heterocycles. The Balaban J connectivity index is 2.16. The van der Waals surface area contributed by atoms with Crippen LogP contribution in [0.5, 0.6) is 0 Å². The fourth-order valence-electron chi connectivity index (χ4n) is 2.36. The summed E-state index contributed by atoms with van der Waals surface area (Å²) in [6, 6.07) is 2.47. The number of ether oxygens (including phenoxy) is 1. The molecule has 2 rings (SSSR count). The number of hydrogen-bond donors (Lipinski definition) is 0. The van der Waals surface area contributed by atoms with Crippen LogP contribution in [0.15, 0.2) is 24.3 Å². The van der Waals surface area contributed by atoms with Crippen molar-refractivity contribution in [3.63, 3.8) is 0 Å². The molecule has 1 amide bonds. The minimum atomic E-state index is -4.60. The van der Waals surface area contributed by atoms with Crippen LogP contribution in [0.2, 0.25) is 0 Å². The molecule has 3 nitrogen and oxygen atoms in total. The minimum Gasteiger partial charge on any atom is -0.444 e. The van der Waals surface area contributed by atoms with Crippen molar-refractivity contribution >= 4 is 11.7 Å². The quantitative estimate of drug-likeness (QED) is 0.680. The number of halogens is 4. The van der Waals surface area contributed by atoms with E-state index in [-0.39, 0.29) is 12.1 Å². The second-order valence-electron chi connectivity index (χ2n) is 6.63. The molecular weight excluding hydrogens is 326 g/mol. The number of carbonyl (C=O) groups is 1. The third kappa shape index (κ3) is 4.72. The van der Waals surface area contributed by atoms with Crippen LogP contribution in [0.4, 0.5) is 22.4 Å². The maximum absolute atomic E-state index is 13.5. The summed E-state index contributed by atoms with van der Waals surface area (Å²) in [7, 11) is 0. The summed E-state index contributed by atoms with van der Waals surface area (Å²) in [5, 5.41) is 0. The lowest BCUT2D eigenvalue weighted by atomic mass is 9.97. The molecule has 0 saturated heterocycles. The summed E-state index contributed by atoms with van der Waals surface area (Å²) < 4.78 is 57.1. The van der Waals surface area contributed by atoms with E-state index < -0.39 is 29.3 Å². The Morgan fingerprint density at radius 1 is 1.17 bits per heavy atom. The Kier molecular flexibility index (Phi) is 4.92. The molecule has 0 N–H and O–H groups in total. The molecule has 0 unspecified atom stereocenters. The summed E-state index contributed by atoms with van der Waals surface area (Å²) >= 11 is 0.